The zero-order chi connectivity index (χ0) is 19.8. The normalized spacial score (nSPS) is 10.6. The van der Waals surface area contributed by atoms with Crippen LogP contribution in [0.5, 0.6) is 17.4 Å². The van der Waals surface area contributed by atoms with Gasteiger partial charge in [0.2, 0.25) is 5.88 Å². The Morgan fingerprint density at radius 1 is 1.15 bits per heavy atom. The van der Waals surface area contributed by atoms with Crippen LogP contribution in [0.1, 0.15) is 29.8 Å². The molecule has 6 nitrogen and oxygen atoms in total. The molecule has 2 rings (SSSR count). The summed E-state index contributed by atoms with van der Waals surface area (Å²) in [5, 5.41) is 0. The smallest absolute Gasteiger partial charge is 0.387 e. The van der Waals surface area contributed by atoms with Crippen molar-refractivity contribution in [1.82, 2.24) is 9.88 Å². The van der Waals surface area contributed by atoms with Gasteiger partial charge < -0.3 is 19.1 Å². The average molecular weight is 380 g/mol. The second kappa shape index (κ2) is 9.70. The van der Waals surface area contributed by atoms with Crippen molar-refractivity contribution in [3.8, 4) is 17.4 Å². The van der Waals surface area contributed by atoms with E-state index in [1.54, 1.807) is 44.4 Å². The van der Waals surface area contributed by atoms with Crippen molar-refractivity contribution in [2.24, 2.45) is 0 Å². The SMILES string of the molecule is CCOc1cc(CN(C)C(=O)c2cccnc2OCC)ccc1OC(F)F. The fraction of sp³-hybridized carbons (Fsp3) is 0.368. The number of nitrogens with zero attached hydrogens (tertiary/aromatic N) is 2. The van der Waals surface area contributed by atoms with E-state index >= 15 is 0 Å². The van der Waals surface area contributed by atoms with Gasteiger partial charge in [-0.25, -0.2) is 4.98 Å². The van der Waals surface area contributed by atoms with E-state index in [0.717, 1.165) is 0 Å². The van der Waals surface area contributed by atoms with Crippen LogP contribution < -0.4 is 14.2 Å². The average Bonchev–Trinajstić information content (AvgIpc) is 2.64. The van der Waals surface area contributed by atoms with E-state index in [9.17, 15) is 13.6 Å². The third-order valence-corrected chi connectivity index (χ3v) is 3.57. The number of hydrogen-bond donors (Lipinski definition) is 0. The number of carbonyl (C=O) groups is 1. The summed E-state index contributed by atoms with van der Waals surface area (Å²) in [6.07, 6.45) is 1.55. The maximum atomic E-state index is 12.7. The molecule has 1 aromatic carbocycles. The molecule has 0 radical (unpaired) electrons. The van der Waals surface area contributed by atoms with Crippen molar-refractivity contribution >= 4 is 5.91 Å². The number of amides is 1. The molecule has 0 spiro atoms. The Bertz CT molecular complexity index is 771. The van der Waals surface area contributed by atoms with Gasteiger partial charge in [0.1, 0.15) is 5.56 Å². The Kier molecular flexibility index (Phi) is 7.34. The minimum absolute atomic E-state index is 0.0459. The highest BCUT2D eigenvalue weighted by Gasteiger charge is 2.19. The van der Waals surface area contributed by atoms with Gasteiger partial charge in [0, 0.05) is 19.8 Å². The third-order valence-electron chi connectivity index (χ3n) is 3.57. The first-order valence-electron chi connectivity index (χ1n) is 8.50. The molecule has 0 bridgehead atoms. The Labute approximate surface area is 156 Å². The number of benzene rings is 1. The molecule has 0 aliphatic heterocycles. The van der Waals surface area contributed by atoms with E-state index in [1.165, 1.54) is 11.0 Å². The molecular weight excluding hydrogens is 358 g/mol. The predicted molar refractivity (Wildman–Crippen MR) is 95.4 cm³/mol. The van der Waals surface area contributed by atoms with E-state index in [-0.39, 0.29) is 29.8 Å². The van der Waals surface area contributed by atoms with Crippen LogP contribution in [0, 0.1) is 0 Å². The van der Waals surface area contributed by atoms with Gasteiger partial charge in [-0.2, -0.15) is 8.78 Å². The van der Waals surface area contributed by atoms with E-state index in [0.29, 0.717) is 24.3 Å². The molecule has 0 saturated heterocycles. The molecule has 0 saturated carbocycles. The van der Waals surface area contributed by atoms with E-state index in [1.807, 2.05) is 6.92 Å². The van der Waals surface area contributed by atoms with Crippen molar-refractivity contribution in [3.05, 3.63) is 47.7 Å². The molecule has 27 heavy (non-hydrogen) atoms. The van der Waals surface area contributed by atoms with Gasteiger partial charge in [-0.1, -0.05) is 6.07 Å². The first kappa shape index (κ1) is 20.4. The van der Waals surface area contributed by atoms with Crippen LogP contribution in [0.15, 0.2) is 36.5 Å². The molecule has 1 amide bonds. The van der Waals surface area contributed by atoms with Crippen molar-refractivity contribution < 1.29 is 27.8 Å². The molecule has 0 aliphatic carbocycles. The minimum atomic E-state index is -2.94. The summed E-state index contributed by atoms with van der Waals surface area (Å²) < 4.78 is 40.2. The summed E-state index contributed by atoms with van der Waals surface area (Å²) in [6, 6.07) is 7.89. The molecule has 1 heterocycles. The monoisotopic (exact) mass is 380 g/mol. The fourth-order valence-corrected chi connectivity index (χ4v) is 2.47. The van der Waals surface area contributed by atoms with Crippen molar-refractivity contribution in [2.45, 2.75) is 27.0 Å². The van der Waals surface area contributed by atoms with Crippen LogP contribution >= 0.6 is 0 Å². The van der Waals surface area contributed by atoms with Gasteiger partial charge >= 0.3 is 6.61 Å². The second-order valence-electron chi connectivity index (χ2n) is 5.54. The van der Waals surface area contributed by atoms with Crippen LogP contribution in [-0.4, -0.2) is 42.7 Å². The van der Waals surface area contributed by atoms with Gasteiger partial charge in [0.25, 0.3) is 5.91 Å². The molecule has 0 N–H and O–H groups in total. The molecule has 2 aromatic rings. The molecule has 0 aliphatic rings. The first-order chi connectivity index (χ1) is 13.0. The molecule has 0 fully saturated rings. The molecule has 146 valence electrons. The Morgan fingerprint density at radius 2 is 1.89 bits per heavy atom. The maximum Gasteiger partial charge on any atom is 0.387 e. The Morgan fingerprint density at radius 3 is 2.56 bits per heavy atom. The van der Waals surface area contributed by atoms with E-state index < -0.39 is 6.61 Å². The van der Waals surface area contributed by atoms with Gasteiger partial charge in [0.05, 0.1) is 13.2 Å². The number of hydrogen-bond acceptors (Lipinski definition) is 5. The highest BCUT2D eigenvalue weighted by atomic mass is 19.3. The summed E-state index contributed by atoms with van der Waals surface area (Å²) in [4.78, 5) is 18.3. The van der Waals surface area contributed by atoms with Crippen molar-refractivity contribution in [2.75, 3.05) is 20.3 Å². The van der Waals surface area contributed by atoms with Crippen molar-refractivity contribution in [3.63, 3.8) is 0 Å². The zero-order valence-corrected chi connectivity index (χ0v) is 15.4. The Hall–Kier alpha value is -2.90. The maximum absolute atomic E-state index is 12.7. The summed E-state index contributed by atoms with van der Waals surface area (Å²) >= 11 is 0. The first-order valence-corrected chi connectivity index (χ1v) is 8.50. The fourth-order valence-electron chi connectivity index (χ4n) is 2.47. The van der Waals surface area contributed by atoms with Crippen LogP contribution in [-0.2, 0) is 6.54 Å². The zero-order valence-electron chi connectivity index (χ0n) is 15.4. The summed E-state index contributed by atoms with van der Waals surface area (Å²) in [5.41, 5.74) is 1.06. The van der Waals surface area contributed by atoms with Crippen molar-refractivity contribution in [1.29, 1.82) is 0 Å². The third kappa shape index (κ3) is 5.54. The lowest BCUT2D eigenvalue weighted by molar-refractivity contribution is -0.0514. The predicted octanol–water partition coefficient (Wildman–Crippen LogP) is 3.75. The lowest BCUT2D eigenvalue weighted by Crippen LogP contribution is -2.27. The van der Waals surface area contributed by atoms with Gasteiger partial charge in [-0.3, -0.25) is 4.79 Å². The van der Waals surface area contributed by atoms with Gasteiger partial charge in [-0.05, 0) is 43.7 Å². The molecule has 0 atom stereocenters. The lowest BCUT2D eigenvalue weighted by atomic mass is 10.1. The topological polar surface area (TPSA) is 60.9 Å². The van der Waals surface area contributed by atoms with E-state index in [2.05, 4.69) is 9.72 Å². The summed E-state index contributed by atoms with van der Waals surface area (Å²) in [7, 11) is 1.63. The molecule has 1 aromatic heterocycles. The number of alkyl halides is 2. The number of carbonyl (C=O) groups excluding carboxylic acids is 1. The number of ether oxygens (including phenoxy) is 3. The second-order valence-corrected chi connectivity index (χ2v) is 5.54. The van der Waals surface area contributed by atoms with Gasteiger partial charge in [-0.15, -0.1) is 0 Å². The highest BCUT2D eigenvalue weighted by Crippen LogP contribution is 2.30. The number of aromatic nitrogens is 1. The Balaban J connectivity index is 2.18. The summed E-state index contributed by atoms with van der Waals surface area (Å²) in [6.45, 7) is 1.54. The summed E-state index contributed by atoms with van der Waals surface area (Å²) in [5.74, 6) is 0.160. The van der Waals surface area contributed by atoms with Crippen LogP contribution in [0.4, 0.5) is 8.78 Å². The van der Waals surface area contributed by atoms with Gasteiger partial charge in [0.15, 0.2) is 11.5 Å². The number of pyridine rings is 1. The highest BCUT2D eigenvalue weighted by molar-refractivity contribution is 5.96. The number of halogens is 2. The van der Waals surface area contributed by atoms with E-state index in [4.69, 9.17) is 9.47 Å². The molecule has 8 heteroatoms. The van der Waals surface area contributed by atoms with Crippen LogP contribution in [0.25, 0.3) is 0 Å². The standard InChI is InChI=1S/C19H22F2N2O4/c1-4-25-16-11-13(8-9-15(16)27-19(20)21)12-23(3)18(24)14-7-6-10-22-17(14)26-5-2/h6-11,19H,4-5,12H2,1-3H3. The lowest BCUT2D eigenvalue weighted by Gasteiger charge is -2.19. The minimum Gasteiger partial charge on any atom is -0.490 e. The molecular formula is C19H22F2N2O4. The quantitative estimate of drug-likeness (QED) is 0.663. The largest absolute Gasteiger partial charge is 0.490 e. The number of rotatable bonds is 9. The molecule has 0 unspecified atom stereocenters. The van der Waals surface area contributed by atoms with Crippen LogP contribution in [0.3, 0.4) is 0 Å². The van der Waals surface area contributed by atoms with Crippen LogP contribution in [0.2, 0.25) is 0 Å².